The van der Waals surface area contributed by atoms with Crippen LogP contribution < -0.4 is 5.56 Å². The van der Waals surface area contributed by atoms with Gasteiger partial charge >= 0.3 is 23.5 Å². The zero-order valence-corrected chi connectivity index (χ0v) is 18.6. The van der Waals surface area contributed by atoms with Gasteiger partial charge in [-0.25, -0.2) is 18.1 Å². The van der Waals surface area contributed by atoms with Gasteiger partial charge in [0.15, 0.2) is 11.0 Å². The highest BCUT2D eigenvalue weighted by molar-refractivity contribution is 7.71. The van der Waals surface area contributed by atoms with Gasteiger partial charge in [-0.3, -0.25) is 18.9 Å². The van der Waals surface area contributed by atoms with Crippen molar-refractivity contribution < 1.29 is 67.1 Å². The molecule has 0 bridgehead atoms. The van der Waals surface area contributed by atoms with Crippen LogP contribution in [-0.4, -0.2) is 64.0 Å². The highest BCUT2D eigenvalue weighted by Gasteiger charge is 2.57. The Morgan fingerprint density at radius 3 is 2.42 bits per heavy atom. The van der Waals surface area contributed by atoms with Crippen molar-refractivity contribution in [1.82, 2.24) is 9.55 Å². The third kappa shape index (κ3) is 6.80. The monoisotopic (exact) mass is 553 g/mol. The first-order chi connectivity index (χ1) is 14.2. The van der Waals surface area contributed by atoms with Gasteiger partial charge in [0.2, 0.25) is 0 Å². The molecule has 7 N–H and O–H groups in total. The van der Waals surface area contributed by atoms with E-state index in [2.05, 4.69) is 17.9 Å². The van der Waals surface area contributed by atoms with E-state index in [1.807, 2.05) is 4.98 Å². The van der Waals surface area contributed by atoms with Gasteiger partial charge in [-0.15, -0.1) is 0 Å². The standard InChI is InChI=1S/C9H13ClFN2O14P3S/c10-3-1-13(8(31)12-6(3)16)7-4(14)5(15)9(11,25-7)2-24-29(20,21)27-30(22,23)26-28(17,18)19/h1,4-5,7,14-15H,2H2,(H,20,21)(H,22,23)(H,12,16,31)(H2,17,18,19)/t4-,5+,7-,9-/m1/s1/i7D. The molecule has 1 aliphatic rings. The summed E-state index contributed by atoms with van der Waals surface area (Å²) in [5.41, 5.74) is -0.913. The summed E-state index contributed by atoms with van der Waals surface area (Å²) in [5, 5.41) is 19.5. The maximum absolute atomic E-state index is 15.1. The SMILES string of the molecule is [2H][C@@]1(n2cc(Cl)c(=O)[nH]c2=S)O[C@](F)(COP(=O)(O)OP(=O)(O)OP(=O)(O)O)[C@@H](O)[C@H]1O. The van der Waals surface area contributed by atoms with Gasteiger partial charge in [0.05, 0.1) is 1.37 Å². The molecule has 1 aromatic heterocycles. The third-order valence-corrected chi connectivity index (χ3v) is 7.60. The highest BCUT2D eigenvalue weighted by atomic mass is 35.5. The first-order valence-corrected chi connectivity index (χ1v) is 12.6. The number of rotatable bonds is 8. The van der Waals surface area contributed by atoms with Crippen molar-refractivity contribution in [3.63, 3.8) is 0 Å². The number of aliphatic hydroxyl groups excluding tert-OH is 2. The Morgan fingerprint density at radius 2 is 1.87 bits per heavy atom. The van der Waals surface area contributed by atoms with Crippen molar-refractivity contribution in [3.8, 4) is 0 Å². The Balaban J connectivity index is 2.26. The van der Waals surface area contributed by atoms with Crippen LogP contribution in [0.25, 0.3) is 0 Å². The van der Waals surface area contributed by atoms with E-state index in [4.69, 9.17) is 39.9 Å². The molecule has 0 spiro atoms. The number of halogens is 2. The minimum absolute atomic E-state index is 0.437. The first kappa shape index (κ1) is 25.2. The van der Waals surface area contributed by atoms with Crippen molar-refractivity contribution in [2.24, 2.45) is 0 Å². The van der Waals surface area contributed by atoms with Crippen molar-refractivity contribution in [1.29, 1.82) is 0 Å². The molecule has 1 fully saturated rings. The predicted molar refractivity (Wildman–Crippen MR) is 96.7 cm³/mol. The summed E-state index contributed by atoms with van der Waals surface area (Å²) >= 11 is 10.4. The summed E-state index contributed by atoms with van der Waals surface area (Å²) in [6.07, 6.45) is -7.51. The van der Waals surface area contributed by atoms with Crippen molar-refractivity contribution in [2.45, 2.75) is 24.3 Å². The van der Waals surface area contributed by atoms with Gasteiger partial charge < -0.3 is 34.5 Å². The molecule has 0 saturated carbocycles. The van der Waals surface area contributed by atoms with Gasteiger partial charge in [-0.05, 0) is 12.2 Å². The van der Waals surface area contributed by atoms with Crippen LogP contribution in [-0.2, 0) is 31.6 Å². The maximum Gasteiger partial charge on any atom is 0.490 e. The molecule has 2 unspecified atom stereocenters. The molecule has 0 amide bonds. The lowest BCUT2D eigenvalue weighted by atomic mass is 10.1. The van der Waals surface area contributed by atoms with Crippen molar-refractivity contribution in [3.05, 3.63) is 26.3 Å². The van der Waals surface area contributed by atoms with E-state index in [-0.39, 0.29) is 0 Å². The number of hydrogen-bond donors (Lipinski definition) is 7. The van der Waals surface area contributed by atoms with Crippen LogP contribution in [0.1, 0.15) is 7.57 Å². The average Bonchev–Trinajstić information content (AvgIpc) is 2.75. The fraction of sp³-hybridized carbons (Fsp3) is 0.556. The molecule has 1 aliphatic heterocycles. The van der Waals surface area contributed by atoms with Crippen LogP contribution in [0.3, 0.4) is 0 Å². The summed E-state index contributed by atoms with van der Waals surface area (Å²) in [4.78, 5) is 48.7. The van der Waals surface area contributed by atoms with E-state index in [0.29, 0.717) is 10.8 Å². The third-order valence-electron chi connectivity index (χ3n) is 3.24. The number of ether oxygens (including phenoxy) is 1. The van der Waals surface area contributed by atoms with E-state index in [0.717, 1.165) is 0 Å². The van der Waals surface area contributed by atoms with E-state index in [1.54, 1.807) is 0 Å². The number of phosphoric ester groups is 1. The van der Waals surface area contributed by atoms with Crippen LogP contribution in [0.2, 0.25) is 5.02 Å². The molecule has 6 atom stereocenters. The van der Waals surface area contributed by atoms with E-state index in [9.17, 15) is 33.6 Å². The molecular weight excluding hydrogens is 540 g/mol. The normalized spacial score (nSPS) is 33.5. The summed E-state index contributed by atoms with van der Waals surface area (Å²) in [7, 11) is -17.4. The molecule has 31 heavy (non-hydrogen) atoms. The Kier molecular flexibility index (Phi) is 7.41. The van der Waals surface area contributed by atoms with Gasteiger partial charge in [0.1, 0.15) is 23.8 Å². The van der Waals surface area contributed by atoms with Gasteiger partial charge in [-0.1, -0.05) is 11.6 Å². The van der Waals surface area contributed by atoms with Gasteiger partial charge in [0, 0.05) is 6.20 Å². The summed E-state index contributed by atoms with van der Waals surface area (Å²) in [6, 6.07) is 0. The van der Waals surface area contributed by atoms with Gasteiger partial charge in [-0.2, -0.15) is 8.62 Å². The maximum atomic E-state index is 15.1. The van der Waals surface area contributed by atoms with Crippen LogP contribution in [0, 0.1) is 4.77 Å². The molecule has 1 saturated heterocycles. The predicted octanol–water partition coefficient (Wildman–Crippen LogP) is -0.181. The molecule has 22 heteroatoms. The lowest BCUT2D eigenvalue weighted by Gasteiger charge is -2.24. The number of nitrogens with zero attached hydrogens (tertiary/aromatic N) is 1. The van der Waals surface area contributed by atoms with Gasteiger partial charge in [0.25, 0.3) is 11.4 Å². The Hall–Kier alpha value is -0.390. The van der Waals surface area contributed by atoms with E-state index >= 15 is 4.39 Å². The average molecular weight is 554 g/mol. The molecule has 0 aromatic carbocycles. The summed E-state index contributed by atoms with van der Waals surface area (Å²) in [5.74, 6) is -3.68. The summed E-state index contributed by atoms with van der Waals surface area (Å²) < 4.78 is 72.1. The number of aromatic amines is 1. The Labute approximate surface area is 181 Å². The molecule has 16 nitrogen and oxygen atoms in total. The largest absolute Gasteiger partial charge is 0.490 e. The highest BCUT2D eigenvalue weighted by Crippen LogP contribution is 2.66. The van der Waals surface area contributed by atoms with E-state index in [1.165, 1.54) is 0 Å². The summed E-state index contributed by atoms with van der Waals surface area (Å²) in [6.45, 7) is -1.85. The number of alkyl halides is 1. The fourth-order valence-electron chi connectivity index (χ4n) is 2.06. The van der Waals surface area contributed by atoms with Crippen molar-refractivity contribution >= 4 is 47.3 Å². The molecule has 0 aliphatic carbocycles. The number of phosphoric acid groups is 3. The number of aliphatic hydroxyl groups is 2. The second-order valence-electron chi connectivity index (χ2n) is 5.59. The second-order valence-corrected chi connectivity index (χ2v) is 10.8. The van der Waals surface area contributed by atoms with Crippen LogP contribution in [0.4, 0.5) is 4.39 Å². The zero-order valence-electron chi connectivity index (χ0n) is 15.3. The smallest absolute Gasteiger partial charge is 0.385 e. The lowest BCUT2D eigenvalue weighted by molar-refractivity contribution is -0.204. The molecular formula is C9H13ClFN2O14P3S. The molecule has 1 aromatic rings. The molecule has 0 radical (unpaired) electrons. The van der Waals surface area contributed by atoms with Crippen molar-refractivity contribution in [2.75, 3.05) is 6.61 Å². The fourth-order valence-corrected chi connectivity index (χ4v) is 5.47. The van der Waals surface area contributed by atoms with Crippen LogP contribution in [0.15, 0.2) is 11.0 Å². The molecule has 2 rings (SSSR count). The second kappa shape index (κ2) is 9.10. The topological polar surface area (TPSA) is 247 Å². The Morgan fingerprint density at radius 1 is 1.29 bits per heavy atom. The van der Waals surface area contributed by atoms with Crippen LogP contribution in [0.5, 0.6) is 0 Å². The zero-order chi connectivity index (χ0) is 24.9. The molecule has 178 valence electrons. The first-order valence-electron chi connectivity index (χ1n) is 7.77. The number of aromatic nitrogens is 2. The number of hydrogen-bond acceptors (Lipinski definition) is 11. The number of H-pyrrole nitrogens is 1. The van der Waals surface area contributed by atoms with Crippen LogP contribution >= 0.6 is 47.3 Å². The quantitative estimate of drug-likeness (QED) is 0.163. The minimum atomic E-state index is -5.92. The minimum Gasteiger partial charge on any atom is -0.385 e. The molecule has 2 heterocycles. The van der Waals surface area contributed by atoms with E-state index < -0.39 is 69.7 Å². The number of nitrogens with one attached hydrogen (secondary N) is 1. The Bertz CT molecular complexity index is 1160. The lowest BCUT2D eigenvalue weighted by Crippen LogP contribution is -2.42.